The number of nitrogens with one attached hydrogen (secondary N) is 1. The molecule has 0 bridgehead atoms. The smallest absolute Gasteiger partial charge is 0.274 e. The highest BCUT2D eigenvalue weighted by Crippen LogP contribution is 2.27. The third-order valence-corrected chi connectivity index (χ3v) is 5.20. The minimum absolute atomic E-state index is 0.143. The Morgan fingerprint density at radius 1 is 1.22 bits per heavy atom. The lowest BCUT2D eigenvalue weighted by Crippen LogP contribution is -2.27. The van der Waals surface area contributed by atoms with Gasteiger partial charge in [0.25, 0.3) is 5.91 Å². The third kappa shape index (κ3) is 4.05. The van der Waals surface area contributed by atoms with E-state index in [1.807, 2.05) is 48.5 Å². The summed E-state index contributed by atoms with van der Waals surface area (Å²) in [6.07, 6.45) is -0.143. The van der Waals surface area contributed by atoms with Crippen molar-refractivity contribution in [3.05, 3.63) is 80.5 Å². The molecule has 6 nitrogen and oxygen atoms in total. The summed E-state index contributed by atoms with van der Waals surface area (Å²) in [5.41, 5.74) is 3.02. The number of halogens is 2. The Bertz CT molecular complexity index is 957. The van der Waals surface area contributed by atoms with Crippen molar-refractivity contribution in [2.24, 2.45) is 0 Å². The van der Waals surface area contributed by atoms with Crippen molar-refractivity contribution in [1.29, 1.82) is 0 Å². The first kappa shape index (κ1) is 18.2. The van der Waals surface area contributed by atoms with Gasteiger partial charge in [0.2, 0.25) is 0 Å². The molecule has 1 aliphatic rings. The quantitative estimate of drug-likeness (QED) is 0.659. The number of ether oxygens (including phenoxy) is 1. The third-order valence-electron chi connectivity index (χ3n) is 4.42. The van der Waals surface area contributed by atoms with Gasteiger partial charge in [0.15, 0.2) is 5.69 Å². The van der Waals surface area contributed by atoms with Gasteiger partial charge in [-0.15, -0.1) is 5.10 Å². The standard InChI is InChI=1S/C19H16BrClN4O2/c20-14-5-1-12(2-6-14)9-22-19(26)18-16-11-27-17(10-25(16)24-23-18)13-3-7-15(21)8-4-13/h1-8,17H,9-11H2,(H,22,26)/t17-/m0/s1. The number of rotatable bonds is 4. The molecule has 0 fully saturated rings. The van der Waals surface area contributed by atoms with Crippen LogP contribution in [0.4, 0.5) is 0 Å². The van der Waals surface area contributed by atoms with Crippen LogP contribution in [0.5, 0.6) is 0 Å². The highest BCUT2D eigenvalue weighted by Gasteiger charge is 2.27. The summed E-state index contributed by atoms with van der Waals surface area (Å²) in [7, 11) is 0. The van der Waals surface area contributed by atoms with Crippen LogP contribution in [0.1, 0.15) is 33.4 Å². The van der Waals surface area contributed by atoms with E-state index >= 15 is 0 Å². The van der Waals surface area contributed by atoms with E-state index in [0.717, 1.165) is 15.6 Å². The number of carbonyl (C=O) groups is 1. The molecule has 3 aromatic rings. The Morgan fingerprint density at radius 2 is 1.96 bits per heavy atom. The van der Waals surface area contributed by atoms with Crippen LogP contribution in [0.2, 0.25) is 5.02 Å². The molecule has 1 aliphatic heterocycles. The van der Waals surface area contributed by atoms with E-state index in [9.17, 15) is 4.79 Å². The number of carbonyl (C=O) groups excluding carboxylic acids is 1. The van der Waals surface area contributed by atoms with E-state index in [2.05, 4.69) is 31.6 Å². The summed E-state index contributed by atoms with van der Waals surface area (Å²) in [6, 6.07) is 15.3. The van der Waals surface area contributed by atoms with Crippen LogP contribution < -0.4 is 5.32 Å². The van der Waals surface area contributed by atoms with Crippen molar-refractivity contribution >= 4 is 33.4 Å². The highest BCUT2D eigenvalue weighted by molar-refractivity contribution is 9.10. The van der Waals surface area contributed by atoms with Gasteiger partial charge in [-0.05, 0) is 35.4 Å². The van der Waals surface area contributed by atoms with Crippen molar-refractivity contribution in [2.45, 2.75) is 25.8 Å². The fraction of sp³-hybridized carbons (Fsp3) is 0.211. The minimum Gasteiger partial charge on any atom is -0.365 e. The summed E-state index contributed by atoms with van der Waals surface area (Å²) in [6.45, 7) is 1.21. The average molecular weight is 448 g/mol. The average Bonchev–Trinajstić information content (AvgIpc) is 3.11. The number of amides is 1. The molecular formula is C19H16BrClN4O2. The van der Waals surface area contributed by atoms with E-state index in [4.69, 9.17) is 16.3 Å². The van der Waals surface area contributed by atoms with Crippen molar-refractivity contribution < 1.29 is 9.53 Å². The van der Waals surface area contributed by atoms with Crippen LogP contribution in [0.25, 0.3) is 0 Å². The fourth-order valence-corrected chi connectivity index (χ4v) is 3.33. The van der Waals surface area contributed by atoms with Crippen molar-refractivity contribution in [3.8, 4) is 0 Å². The van der Waals surface area contributed by atoms with Crippen LogP contribution in [0.3, 0.4) is 0 Å². The van der Waals surface area contributed by atoms with Gasteiger partial charge < -0.3 is 10.1 Å². The monoisotopic (exact) mass is 446 g/mol. The molecule has 0 saturated heterocycles. The zero-order valence-electron chi connectivity index (χ0n) is 14.2. The first-order valence-electron chi connectivity index (χ1n) is 8.42. The van der Waals surface area contributed by atoms with E-state index < -0.39 is 0 Å². The van der Waals surface area contributed by atoms with Crippen LogP contribution in [0, 0.1) is 0 Å². The van der Waals surface area contributed by atoms with Gasteiger partial charge in [0.1, 0.15) is 6.10 Å². The molecule has 2 heterocycles. The molecule has 1 amide bonds. The number of aromatic nitrogens is 3. The van der Waals surface area contributed by atoms with Crippen LogP contribution in [-0.2, 0) is 24.4 Å². The molecule has 1 aromatic heterocycles. The Balaban J connectivity index is 1.43. The number of nitrogens with zero attached hydrogens (tertiary/aromatic N) is 3. The summed E-state index contributed by atoms with van der Waals surface area (Å²) in [5, 5.41) is 11.8. The summed E-state index contributed by atoms with van der Waals surface area (Å²) >= 11 is 9.33. The molecule has 2 aromatic carbocycles. The van der Waals surface area contributed by atoms with Crippen molar-refractivity contribution in [2.75, 3.05) is 0 Å². The number of hydrogen-bond acceptors (Lipinski definition) is 4. The molecule has 0 radical (unpaired) electrons. The Labute approximate surface area is 169 Å². The lowest BCUT2D eigenvalue weighted by Gasteiger charge is -2.24. The van der Waals surface area contributed by atoms with Gasteiger partial charge in [-0.3, -0.25) is 4.79 Å². The van der Waals surface area contributed by atoms with Crippen molar-refractivity contribution in [3.63, 3.8) is 0 Å². The molecule has 27 heavy (non-hydrogen) atoms. The van der Waals surface area contributed by atoms with E-state index in [0.29, 0.717) is 29.5 Å². The van der Waals surface area contributed by atoms with Gasteiger partial charge in [0, 0.05) is 16.0 Å². The van der Waals surface area contributed by atoms with Crippen molar-refractivity contribution in [1.82, 2.24) is 20.3 Å². The number of fused-ring (bicyclic) bond motifs is 1. The first-order chi connectivity index (χ1) is 13.1. The summed E-state index contributed by atoms with van der Waals surface area (Å²) < 4.78 is 8.66. The first-order valence-corrected chi connectivity index (χ1v) is 9.59. The molecule has 0 unspecified atom stereocenters. The summed E-state index contributed by atoms with van der Waals surface area (Å²) in [5.74, 6) is -0.257. The molecule has 0 aliphatic carbocycles. The summed E-state index contributed by atoms with van der Waals surface area (Å²) in [4.78, 5) is 12.5. The molecule has 0 spiro atoms. The van der Waals surface area contributed by atoms with Gasteiger partial charge in [-0.2, -0.15) is 0 Å². The molecule has 4 rings (SSSR count). The van der Waals surface area contributed by atoms with Gasteiger partial charge in [-0.25, -0.2) is 4.68 Å². The molecule has 8 heteroatoms. The highest BCUT2D eigenvalue weighted by atomic mass is 79.9. The lowest BCUT2D eigenvalue weighted by atomic mass is 10.1. The maximum atomic E-state index is 12.5. The molecule has 0 saturated carbocycles. The molecular weight excluding hydrogens is 432 g/mol. The zero-order valence-corrected chi connectivity index (χ0v) is 16.6. The molecule has 1 N–H and O–H groups in total. The largest absolute Gasteiger partial charge is 0.365 e. The normalized spacial score (nSPS) is 16.0. The predicted molar refractivity (Wildman–Crippen MR) is 104 cm³/mol. The second-order valence-electron chi connectivity index (χ2n) is 6.23. The Kier molecular flexibility index (Phi) is 5.24. The number of benzene rings is 2. The Morgan fingerprint density at radius 3 is 2.70 bits per heavy atom. The maximum Gasteiger partial charge on any atom is 0.274 e. The molecule has 138 valence electrons. The van der Waals surface area contributed by atoms with E-state index in [-0.39, 0.29) is 18.6 Å². The zero-order chi connectivity index (χ0) is 18.8. The van der Waals surface area contributed by atoms with Crippen LogP contribution in [-0.4, -0.2) is 20.9 Å². The van der Waals surface area contributed by atoms with Crippen LogP contribution in [0.15, 0.2) is 53.0 Å². The van der Waals surface area contributed by atoms with Gasteiger partial charge in [0.05, 0.1) is 18.8 Å². The number of hydrogen-bond donors (Lipinski definition) is 1. The Hall–Kier alpha value is -2.22. The predicted octanol–water partition coefficient (Wildman–Crippen LogP) is 3.90. The topological polar surface area (TPSA) is 69.0 Å². The minimum atomic E-state index is -0.257. The van der Waals surface area contributed by atoms with Gasteiger partial charge >= 0.3 is 0 Å². The second-order valence-corrected chi connectivity index (χ2v) is 7.58. The van der Waals surface area contributed by atoms with E-state index in [1.54, 1.807) is 4.68 Å². The van der Waals surface area contributed by atoms with Gasteiger partial charge in [-0.1, -0.05) is 57.0 Å². The molecule has 1 atom stereocenters. The SMILES string of the molecule is O=C(NCc1ccc(Br)cc1)c1nnn2c1CO[C@H](c1ccc(Cl)cc1)C2. The lowest BCUT2D eigenvalue weighted by molar-refractivity contribution is -0.00176. The van der Waals surface area contributed by atoms with E-state index in [1.165, 1.54) is 0 Å². The second kappa shape index (κ2) is 7.80. The fourth-order valence-electron chi connectivity index (χ4n) is 2.94. The van der Waals surface area contributed by atoms with Crippen LogP contribution >= 0.6 is 27.5 Å². The maximum absolute atomic E-state index is 12.5.